The van der Waals surface area contributed by atoms with E-state index in [0.29, 0.717) is 34.4 Å². The van der Waals surface area contributed by atoms with E-state index >= 15 is 0 Å². The van der Waals surface area contributed by atoms with E-state index in [2.05, 4.69) is 10.6 Å². The predicted molar refractivity (Wildman–Crippen MR) is 132 cm³/mol. The highest BCUT2D eigenvalue weighted by Gasteiger charge is 2.23. The molecule has 0 bridgehead atoms. The van der Waals surface area contributed by atoms with Crippen LogP contribution in [0, 0.1) is 13.8 Å². The van der Waals surface area contributed by atoms with Crippen LogP contribution in [0.5, 0.6) is 0 Å². The van der Waals surface area contributed by atoms with Gasteiger partial charge in [0.15, 0.2) is 5.43 Å². The molecule has 1 atom stereocenters. The Bertz CT molecular complexity index is 1440. The normalized spacial score (nSPS) is 14.0. The molecule has 5 nitrogen and oxygen atoms in total. The van der Waals surface area contributed by atoms with E-state index in [1.165, 1.54) is 0 Å². The monoisotopic (exact) mass is 438 g/mol. The average molecular weight is 439 g/mol. The zero-order chi connectivity index (χ0) is 23.1. The lowest BCUT2D eigenvalue weighted by atomic mass is 9.96. The Morgan fingerprint density at radius 2 is 1.79 bits per heavy atom. The molecule has 0 aliphatic carbocycles. The first-order chi connectivity index (χ1) is 15.9. The molecule has 0 spiro atoms. The molecule has 0 fully saturated rings. The second-order valence-electron chi connectivity index (χ2n) is 8.69. The Balaban J connectivity index is 1.65. The van der Waals surface area contributed by atoms with Gasteiger partial charge in [0.25, 0.3) is 5.91 Å². The minimum absolute atomic E-state index is 0.0243. The lowest BCUT2D eigenvalue weighted by Crippen LogP contribution is -2.32. The lowest BCUT2D eigenvalue weighted by Gasteiger charge is -2.24. The molecule has 5 rings (SSSR count). The van der Waals surface area contributed by atoms with Crippen LogP contribution < -0.4 is 16.1 Å². The topological polar surface area (TPSA) is 71.3 Å². The first-order valence-electron chi connectivity index (χ1n) is 11.2. The van der Waals surface area contributed by atoms with Crippen LogP contribution in [0.3, 0.4) is 0 Å². The fraction of sp³-hybridized carbons (Fsp3) is 0.214. The Morgan fingerprint density at radius 3 is 2.58 bits per heavy atom. The minimum Gasteiger partial charge on any atom is -0.455 e. The van der Waals surface area contributed by atoms with Crippen LogP contribution in [0.4, 0.5) is 5.69 Å². The van der Waals surface area contributed by atoms with E-state index in [9.17, 15) is 9.59 Å². The number of carbonyl (C=O) groups is 1. The Kier molecular flexibility index (Phi) is 5.25. The van der Waals surface area contributed by atoms with Gasteiger partial charge >= 0.3 is 0 Å². The predicted octanol–water partition coefficient (Wildman–Crippen LogP) is 5.54. The van der Waals surface area contributed by atoms with Crippen molar-refractivity contribution < 1.29 is 9.21 Å². The second-order valence-corrected chi connectivity index (χ2v) is 8.69. The van der Waals surface area contributed by atoms with E-state index in [1.807, 2.05) is 81.4 Å². The Morgan fingerprint density at radius 1 is 1.00 bits per heavy atom. The third kappa shape index (κ3) is 3.69. The maximum Gasteiger partial charge on any atom is 0.253 e. The van der Waals surface area contributed by atoms with E-state index < -0.39 is 0 Å². The molecule has 1 aliphatic heterocycles. The van der Waals surface area contributed by atoms with Crippen molar-refractivity contribution in [3.8, 4) is 11.3 Å². The van der Waals surface area contributed by atoms with Gasteiger partial charge in [-0.05, 0) is 50.5 Å². The van der Waals surface area contributed by atoms with Gasteiger partial charge in [0.05, 0.1) is 17.0 Å². The zero-order valence-electron chi connectivity index (χ0n) is 19.0. The van der Waals surface area contributed by atoms with E-state index in [0.717, 1.165) is 34.4 Å². The van der Waals surface area contributed by atoms with Gasteiger partial charge in [-0.25, -0.2) is 0 Å². The molecule has 33 heavy (non-hydrogen) atoms. The summed E-state index contributed by atoms with van der Waals surface area (Å²) in [4.78, 5) is 25.9. The molecule has 0 radical (unpaired) electrons. The molecule has 2 heterocycles. The number of carbonyl (C=O) groups excluding carboxylic acids is 1. The molecule has 1 unspecified atom stereocenters. The standard InChI is InChI=1S/C28H26N2O3/c1-16-14-21(18(3)30-23-11-7-10-19-12-13-29-28(32)24(19)23)27-22(15-16)25(31)17(2)26(33-27)20-8-5-4-6-9-20/h4-11,14-15,18,30H,12-13H2,1-3H3,(H,29,32). The molecule has 1 amide bonds. The molecule has 1 aromatic heterocycles. The van der Waals surface area contributed by atoms with Crippen molar-refractivity contribution in [1.29, 1.82) is 0 Å². The van der Waals surface area contributed by atoms with Crippen LogP contribution in [0.15, 0.2) is 69.9 Å². The number of benzene rings is 3. The van der Waals surface area contributed by atoms with Crippen LogP contribution in [-0.2, 0) is 6.42 Å². The fourth-order valence-corrected chi connectivity index (χ4v) is 4.66. The van der Waals surface area contributed by atoms with Crippen LogP contribution in [0.2, 0.25) is 0 Å². The zero-order valence-corrected chi connectivity index (χ0v) is 19.0. The highest BCUT2D eigenvalue weighted by molar-refractivity contribution is 6.02. The number of fused-ring (bicyclic) bond motifs is 2. The molecular weight excluding hydrogens is 412 g/mol. The van der Waals surface area contributed by atoms with Crippen LogP contribution in [0.25, 0.3) is 22.3 Å². The van der Waals surface area contributed by atoms with Crippen molar-refractivity contribution in [1.82, 2.24) is 5.32 Å². The van der Waals surface area contributed by atoms with Crippen molar-refractivity contribution >= 4 is 22.6 Å². The molecule has 0 saturated carbocycles. The number of amides is 1. The van der Waals surface area contributed by atoms with Gasteiger partial charge in [-0.2, -0.15) is 0 Å². The summed E-state index contributed by atoms with van der Waals surface area (Å²) < 4.78 is 6.42. The first-order valence-corrected chi connectivity index (χ1v) is 11.2. The third-order valence-electron chi connectivity index (χ3n) is 6.32. The maximum atomic E-state index is 13.3. The summed E-state index contributed by atoms with van der Waals surface area (Å²) in [6.07, 6.45) is 0.812. The molecule has 0 saturated heterocycles. The van der Waals surface area contributed by atoms with Crippen molar-refractivity contribution in [3.63, 3.8) is 0 Å². The summed E-state index contributed by atoms with van der Waals surface area (Å²) in [6.45, 7) is 6.47. The van der Waals surface area contributed by atoms with Crippen molar-refractivity contribution in [3.05, 3.63) is 98.7 Å². The van der Waals surface area contributed by atoms with Crippen LogP contribution in [-0.4, -0.2) is 12.5 Å². The van der Waals surface area contributed by atoms with Crippen molar-refractivity contribution in [2.24, 2.45) is 0 Å². The van der Waals surface area contributed by atoms with Crippen molar-refractivity contribution in [2.45, 2.75) is 33.2 Å². The van der Waals surface area contributed by atoms with E-state index in [-0.39, 0.29) is 17.4 Å². The number of aryl methyl sites for hydroxylation is 1. The number of hydrogen-bond acceptors (Lipinski definition) is 4. The highest BCUT2D eigenvalue weighted by atomic mass is 16.3. The first kappa shape index (κ1) is 21.0. The summed E-state index contributed by atoms with van der Waals surface area (Å²) in [5.74, 6) is 0.524. The largest absolute Gasteiger partial charge is 0.455 e. The molecule has 5 heteroatoms. The molecular formula is C28H26N2O3. The molecule has 3 aromatic carbocycles. The van der Waals surface area contributed by atoms with Gasteiger partial charge in [-0.15, -0.1) is 0 Å². The summed E-state index contributed by atoms with van der Waals surface area (Å²) >= 11 is 0. The molecule has 1 aliphatic rings. The van der Waals surface area contributed by atoms with Crippen molar-refractivity contribution in [2.75, 3.05) is 11.9 Å². The van der Waals surface area contributed by atoms with Gasteiger partial charge < -0.3 is 15.1 Å². The summed E-state index contributed by atoms with van der Waals surface area (Å²) in [5, 5.41) is 7.01. The summed E-state index contributed by atoms with van der Waals surface area (Å²) in [5.41, 5.74) is 6.40. The Labute approximate surface area is 192 Å². The molecule has 166 valence electrons. The van der Waals surface area contributed by atoms with E-state index in [1.54, 1.807) is 0 Å². The number of nitrogens with one attached hydrogen (secondary N) is 2. The van der Waals surface area contributed by atoms with Gasteiger partial charge in [0.1, 0.15) is 11.3 Å². The minimum atomic E-state index is -0.192. The average Bonchev–Trinajstić information content (AvgIpc) is 2.82. The number of anilines is 1. The number of hydrogen-bond donors (Lipinski definition) is 2. The van der Waals surface area contributed by atoms with E-state index in [4.69, 9.17) is 4.42 Å². The molecule has 4 aromatic rings. The number of rotatable bonds is 4. The SMILES string of the molecule is Cc1cc(C(C)Nc2cccc3c2C(=O)NCC3)c2oc(-c3ccccc3)c(C)c(=O)c2c1. The van der Waals surface area contributed by atoms with Gasteiger partial charge in [0.2, 0.25) is 0 Å². The summed E-state index contributed by atoms with van der Waals surface area (Å²) in [7, 11) is 0. The van der Waals surface area contributed by atoms with Gasteiger partial charge in [0, 0.05) is 28.9 Å². The molecule has 2 N–H and O–H groups in total. The lowest BCUT2D eigenvalue weighted by molar-refractivity contribution is 0.0947. The quantitative estimate of drug-likeness (QED) is 0.439. The van der Waals surface area contributed by atoms with Crippen LogP contribution >= 0.6 is 0 Å². The third-order valence-corrected chi connectivity index (χ3v) is 6.32. The maximum absolute atomic E-state index is 13.3. The van der Waals surface area contributed by atoms with Gasteiger partial charge in [-0.1, -0.05) is 48.5 Å². The second kappa shape index (κ2) is 8.24. The highest BCUT2D eigenvalue weighted by Crippen LogP contribution is 2.33. The van der Waals surface area contributed by atoms with Gasteiger partial charge in [-0.3, -0.25) is 9.59 Å². The summed E-state index contributed by atoms with van der Waals surface area (Å²) in [6, 6.07) is 19.3. The fourth-order valence-electron chi connectivity index (χ4n) is 4.66. The smallest absolute Gasteiger partial charge is 0.253 e. The Hall–Kier alpha value is -3.86. The van der Waals surface area contributed by atoms with Crippen LogP contribution in [0.1, 0.15) is 45.6 Å².